The summed E-state index contributed by atoms with van der Waals surface area (Å²) in [5.41, 5.74) is 0.748. The Morgan fingerprint density at radius 3 is 2.49 bits per heavy atom. The van der Waals surface area contributed by atoms with Crippen LogP contribution < -0.4 is 24.5 Å². The van der Waals surface area contributed by atoms with Gasteiger partial charge in [-0.3, -0.25) is 14.5 Å². The summed E-state index contributed by atoms with van der Waals surface area (Å²) < 4.78 is 37.1. The average Bonchev–Trinajstić information content (AvgIpc) is 3.22. The van der Waals surface area contributed by atoms with Crippen LogP contribution in [0.2, 0.25) is 5.02 Å². The lowest BCUT2D eigenvalue weighted by Gasteiger charge is -2.26. The third-order valence-electron chi connectivity index (χ3n) is 6.58. The molecule has 0 radical (unpaired) electrons. The Hall–Kier alpha value is -4.04. The lowest BCUT2D eigenvalue weighted by atomic mass is 9.97. The molecular weight excluding hydrogens is 525 g/mol. The van der Waals surface area contributed by atoms with Gasteiger partial charge in [-0.15, -0.1) is 0 Å². The van der Waals surface area contributed by atoms with Crippen LogP contribution in [0.25, 0.3) is 11.0 Å². The molecule has 3 aromatic carbocycles. The summed E-state index contributed by atoms with van der Waals surface area (Å²) in [6.45, 7) is 4.85. The molecule has 0 fully saturated rings. The van der Waals surface area contributed by atoms with Crippen LogP contribution >= 0.6 is 11.6 Å². The fraction of sp³-hybridized carbons (Fsp3) is 0.267. The first kappa shape index (κ1) is 26.6. The van der Waals surface area contributed by atoms with Gasteiger partial charge in [0, 0.05) is 5.69 Å². The first-order valence-electron chi connectivity index (χ1n) is 12.7. The number of hydrogen-bond acceptors (Lipinski definition) is 6. The van der Waals surface area contributed by atoms with Crippen LogP contribution in [-0.4, -0.2) is 26.2 Å². The van der Waals surface area contributed by atoms with Gasteiger partial charge in [-0.1, -0.05) is 31.0 Å². The summed E-state index contributed by atoms with van der Waals surface area (Å²) in [5.74, 6) is 0.254. The largest absolute Gasteiger partial charge is 0.495 e. The predicted molar refractivity (Wildman–Crippen MR) is 147 cm³/mol. The number of halogens is 2. The second-order valence-electron chi connectivity index (χ2n) is 9.05. The van der Waals surface area contributed by atoms with E-state index in [-0.39, 0.29) is 22.3 Å². The van der Waals surface area contributed by atoms with Crippen molar-refractivity contribution in [2.24, 2.45) is 0 Å². The summed E-state index contributed by atoms with van der Waals surface area (Å²) in [4.78, 5) is 29.1. The van der Waals surface area contributed by atoms with Crippen molar-refractivity contribution in [2.45, 2.75) is 32.7 Å². The van der Waals surface area contributed by atoms with Gasteiger partial charge in [0.15, 0.2) is 16.9 Å². The number of nitrogens with zero attached hydrogens (tertiary/aromatic N) is 1. The summed E-state index contributed by atoms with van der Waals surface area (Å²) in [6, 6.07) is 13.0. The van der Waals surface area contributed by atoms with Crippen molar-refractivity contribution in [3.63, 3.8) is 0 Å². The van der Waals surface area contributed by atoms with Crippen LogP contribution in [0.15, 0.2) is 63.8 Å². The molecule has 1 atom stereocenters. The molecule has 0 spiro atoms. The number of carbonyl (C=O) groups is 1. The van der Waals surface area contributed by atoms with Gasteiger partial charge in [-0.05, 0) is 67.4 Å². The predicted octanol–water partition coefficient (Wildman–Crippen LogP) is 6.92. The maximum Gasteiger partial charge on any atom is 0.295 e. The molecule has 1 aromatic heterocycles. The van der Waals surface area contributed by atoms with E-state index in [0.717, 1.165) is 18.9 Å². The summed E-state index contributed by atoms with van der Waals surface area (Å²) in [7, 11) is 1.49. The van der Waals surface area contributed by atoms with Crippen molar-refractivity contribution in [3.8, 4) is 17.2 Å². The van der Waals surface area contributed by atoms with Crippen molar-refractivity contribution < 1.29 is 27.8 Å². The van der Waals surface area contributed by atoms with E-state index < -0.39 is 23.2 Å². The van der Waals surface area contributed by atoms with Gasteiger partial charge in [0.05, 0.1) is 42.3 Å². The number of fused-ring (bicyclic) bond motifs is 2. The maximum atomic E-state index is 14.1. The Morgan fingerprint density at radius 1 is 0.974 bits per heavy atom. The zero-order chi connectivity index (χ0) is 27.7. The van der Waals surface area contributed by atoms with Gasteiger partial charge in [0.25, 0.3) is 5.91 Å². The number of carbonyl (C=O) groups excluding carboxylic acids is 1. The molecule has 0 saturated carbocycles. The Balaban J connectivity index is 1.72. The molecule has 39 heavy (non-hydrogen) atoms. The van der Waals surface area contributed by atoms with Crippen LogP contribution in [0.1, 0.15) is 54.4 Å². The SMILES string of the molecule is CCCCOc1ccc(C2c3c(oc4ccc(F)cc4c3=O)C(=O)N2c2ccc(OC)c(Cl)c2)cc1OCC. The number of unbranched alkanes of at least 4 members (excludes halogenated alkanes) is 1. The van der Waals surface area contributed by atoms with Gasteiger partial charge < -0.3 is 18.6 Å². The topological polar surface area (TPSA) is 78.2 Å². The van der Waals surface area contributed by atoms with Crippen molar-refractivity contribution in [1.82, 2.24) is 0 Å². The highest BCUT2D eigenvalue weighted by Gasteiger charge is 2.44. The molecule has 1 aliphatic heterocycles. The van der Waals surface area contributed by atoms with Gasteiger partial charge in [-0.2, -0.15) is 0 Å². The minimum atomic E-state index is -0.898. The van der Waals surface area contributed by atoms with E-state index in [2.05, 4.69) is 6.92 Å². The maximum absolute atomic E-state index is 14.1. The number of rotatable bonds is 9. The van der Waals surface area contributed by atoms with Crippen molar-refractivity contribution in [3.05, 3.63) is 92.5 Å². The zero-order valence-corrected chi connectivity index (χ0v) is 22.5. The van der Waals surface area contributed by atoms with E-state index in [0.29, 0.717) is 46.7 Å². The molecule has 2 heterocycles. The van der Waals surface area contributed by atoms with Crippen molar-refractivity contribution in [1.29, 1.82) is 0 Å². The lowest BCUT2D eigenvalue weighted by Crippen LogP contribution is -2.29. The van der Waals surface area contributed by atoms with Crippen LogP contribution in [-0.2, 0) is 0 Å². The summed E-state index contributed by atoms with van der Waals surface area (Å²) in [6.07, 6.45) is 1.86. The van der Waals surface area contributed by atoms with Crippen LogP contribution in [0.3, 0.4) is 0 Å². The molecule has 0 aliphatic carbocycles. The number of ether oxygens (including phenoxy) is 3. The first-order valence-corrected chi connectivity index (χ1v) is 13.1. The number of amides is 1. The monoisotopic (exact) mass is 551 g/mol. The molecule has 202 valence electrons. The quantitative estimate of drug-likeness (QED) is 0.210. The Kier molecular flexibility index (Phi) is 7.48. The number of benzene rings is 3. The van der Waals surface area contributed by atoms with Crippen molar-refractivity contribution in [2.75, 3.05) is 25.2 Å². The molecule has 5 rings (SSSR count). The van der Waals surface area contributed by atoms with E-state index in [1.165, 1.54) is 24.1 Å². The third kappa shape index (κ3) is 4.81. The highest BCUT2D eigenvalue weighted by atomic mass is 35.5. The molecule has 4 aromatic rings. The second kappa shape index (κ2) is 11.0. The van der Waals surface area contributed by atoms with Crippen LogP contribution in [0.4, 0.5) is 10.1 Å². The molecule has 7 nitrogen and oxygen atoms in total. The standard InChI is InChI=1S/C30H27ClFNO6/c1-4-6-13-38-24-10-7-17(14-25(24)37-5-2)27-26-28(34)20-15-18(32)8-11-22(20)39-29(26)30(35)33(27)19-9-12-23(36-3)21(31)16-19/h7-12,14-16,27H,4-6,13H2,1-3H3. The molecule has 0 N–H and O–H groups in total. The fourth-order valence-electron chi connectivity index (χ4n) is 4.74. The molecule has 1 aliphatic rings. The molecule has 1 unspecified atom stereocenters. The molecule has 1 amide bonds. The average molecular weight is 552 g/mol. The molecule has 9 heteroatoms. The van der Waals surface area contributed by atoms with E-state index in [1.807, 2.05) is 6.92 Å². The zero-order valence-electron chi connectivity index (χ0n) is 21.8. The van der Waals surface area contributed by atoms with Crippen LogP contribution in [0.5, 0.6) is 17.2 Å². The molecule has 0 saturated heterocycles. The summed E-state index contributed by atoms with van der Waals surface area (Å²) >= 11 is 6.42. The normalized spacial score (nSPS) is 14.5. The number of methoxy groups -OCH3 is 1. The van der Waals surface area contributed by atoms with Gasteiger partial charge in [0.1, 0.15) is 17.1 Å². The number of hydrogen-bond donors (Lipinski definition) is 0. The van der Waals surface area contributed by atoms with Gasteiger partial charge in [0.2, 0.25) is 5.76 Å². The summed E-state index contributed by atoms with van der Waals surface area (Å²) in [5, 5.41) is 0.337. The van der Waals surface area contributed by atoms with Gasteiger partial charge in [-0.25, -0.2) is 4.39 Å². The second-order valence-corrected chi connectivity index (χ2v) is 9.46. The Morgan fingerprint density at radius 2 is 1.77 bits per heavy atom. The van der Waals surface area contributed by atoms with E-state index >= 15 is 0 Å². The number of anilines is 1. The molecule has 0 bridgehead atoms. The molecular formula is C30H27ClFNO6. The first-order chi connectivity index (χ1) is 18.9. The lowest BCUT2D eigenvalue weighted by molar-refractivity contribution is 0.0971. The minimum absolute atomic E-state index is 0.0470. The Bertz CT molecular complexity index is 1620. The smallest absolute Gasteiger partial charge is 0.295 e. The minimum Gasteiger partial charge on any atom is -0.495 e. The van der Waals surface area contributed by atoms with E-state index in [9.17, 15) is 14.0 Å². The van der Waals surface area contributed by atoms with Gasteiger partial charge >= 0.3 is 0 Å². The third-order valence-corrected chi connectivity index (χ3v) is 6.88. The Labute approximate surface area is 229 Å². The van der Waals surface area contributed by atoms with Crippen molar-refractivity contribution >= 4 is 34.2 Å². The highest BCUT2D eigenvalue weighted by Crippen LogP contribution is 2.44. The van der Waals surface area contributed by atoms with E-state index in [4.69, 9.17) is 30.2 Å². The fourth-order valence-corrected chi connectivity index (χ4v) is 4.99. The highest BCUT2D eigenvalue weighted by molar-refractivity contribution is 6.32. The van der Waals surface area contributed by atoms with Crippen LogP contribution in [0, 0.1) is 5.82 Å². The van der Waals surface area contributed by atoms with E-state index in [1.54, 1.807) is 36.4 Å².